The van der Waals surface area contributed by atoms with E-state index in [0.717, 1.165) is 57.0 Å². The highest BCUT2D eigenvalue weighted by Gasteiger charge is 2.42. The van der Waals surface area contributed by atoms with Crippen molar-refractivity contribution in [1.82, 2.24) is 0 Å². The zero-order chi connectivity index (χ0) is 21.7. The molecule has 0 amide bonds. The lowest BCUT2D eigenvalue weighted by atomic mass is 9.78. The average Bonchev–Trinajstić information content (AvgIpc) is 3.36. The first-order valence-electron chi connectivity index (χ1n) is 10.3. The van der Waals surface area contributed by atoms with Gasteiger partial charge < -0.3 is 5.73 Å². The summed E-state index contributed by atoms with van der Waals surface area (Å²) in [5.41, 5.74) is 10.4. The van der Waals surface area contributed by atoms with Gasteiger partial charge in [0, 0.05) is 27.4 Å². The van der Waals surface area contributed by atoms with E-state index in [-0.39, 0.29) is 5.78 Å². The third kappa shape index (κ3) is 3.17. The van der Waals surface area contributed by atoms with E-state index in [1.807, 2.05) is 17.0 Å². The lowest BCUT2D eigenvalue weighted by Gasteiger charge is -2.38. The summed E-state index contributed by atoms with van der Waals surface area (Å²) >= 11 is 6.62. The van der Waals surface area contributed by atoms with E-state index in [2.05, 4.69) is 28.1 Å². The van der Waals surface area contributed by atoms with Crippen molar-refractivity contribution in [3.8, 4) is 12.1 Å². The van der Waals surface area contributed by atoms with Crippen LogP contribution < -0.4 is 10.6 Å². The third-order valence-electron chi connectivity index (χ3n) is 6.26. The highest BCUT2D eigenvalue weighted by Crippen LogP contribution is 2.51. The van der Waals surface area contributed by atoms with Gasteiger partial charge in [0.1, 0.15) is 16.9 Å². The van der Waals surface area contributed by atoms with Crippen LogP contribution in [-0.4, -0.2) is 5.78 Å². The van der Waals surface area contributed by atoms with Crippen LogP contribution in [0.1, 0.15) is 58.9 Å². The number of aryl methyl sites for hydroxylation is 1. The van der Waals surface area contributed by atoms with Crippen LogP contribution in [-0.2, 0) is 17.6 Å². The van der Waals surface area contributed by atoms with E-state index in [9.17, 15) is 15.3 Å². The number of nitrogens with two attached hydrogens (primary N) is 1. The van der Waals surface area contributed by atoms with Crippen LogP contribution in [0.5, 0.6) is 0 Å². The molecule has 1 aliphatic heterocycles. The van der Waals surface area contributed by atoms with Gasteiger partial charge in [-0.05, 0) is 72.2 Å². The highest BCUT2D eigenvalue weighted by atomic mass is 79.9. The molecule has 3 heterocycles. The van der Waals surface area contributed by atoms with Crippen molar-refractivity contribution in [2.75, 3.05) is 4.90 Å². The van der Waals surface area contributed by atoms with Crippen molar-refractivity contribution >= 4 is 49.4 Å². The number of ketones is 1. The predicted octanol–water partition coefficient (Wildman–Crippen LogP) is 5.63. The fraction of sp³-hybridized carbons (Fsp3) is 0.348. The molecule has 0 radical (unpaired) electrons. The summed E-state index contributed by atoms with van der Waals surface area (Å²) in [6, 6.07) is 8.60. The molecule has 8 heteroatoms. The Hall–Kier alpha value is -2.39. The molecule has 5 nitrogen and oxygen atoms in total. The molecule has 0 fully saturated rings. The molecule has 0 aromatic carbocycles. The van der Waals surface area contributed by atoms with E-state index in [4.69, 9.17) is 5.73 Å². The van der Waals surface area contributed by atoms with Crippen LogP contribution in [0.25, 0.3) is 0 Å². The topological polar surface area (TPSA) is 93.9 Å². The van der Waals surface area contributed by atoms with Crippen LogP contribution in [0.15, 0.2) is 38.6 Å². The summed E-state index contributed by atoms with van der Waals surface area (Å²) in [6.45, 7) is 0. The largest absolute Gasteiger partial charge is 0.384 e. The van der Waals surface area contributed by atoms with Gasteiger partial charge in [-0.3, -0.25) is 9.69 Å². The minimum atomic E-state index is -0.444. The predicted molar refractivity (Wildman–Crippen MR) is 126 cm³/mol. The van der Waals surface area contributed by atoms with Gasteiger partial charge in [0.2, 0.25) is 0 Å². The molecule has 3 aliphatic rings. The van der Waals surface area contributed by atoms with Gasteiger partial charge in [0.05, 0.1) is 26.9 Å². The number of halogens is 1. The van der Waals surface area contributed by atoms with Crippen LogP contribution in [0.4, 0.5) is 5.00 Å². The van der Waals surface area contributed by atoms with Crippen LogP contribution in [0, 0.1) is 22.7 Å². The van der Waals surface area contributed by atoms with Gasteiger partial charge in [-0.25, -0.2) is 0 Å². The van der Waals surface area contributed by atoms with Gasteiger partial charge in [-0.1, -0.05) is 0 Å². The summed E-state index contributed by atoms with van der Waals surface area (Å²) in [7, 11) is 0. The Morgan fingerprint density at radius 3 is 2.58 bits per heavy atom. The molecule has 2 aromatic heterocycles. The van der Waals surface area contributed by atoms with Crippen LogP contribution in [0.3, 0.4) is 0 Å². The second-order valence-electron chi connectivity index (χ2n) is 7.96. The number of fused-ring (bicyclic) bond motifs is 1. The number of anilines is 1. The number of hydrogen-bond acceptors (Lipinski definition) is 7. The quantitative estimate of drug-likeness (QED) is 0.564. The number of nitriles is 2. The van der Waals surface area contributed by atoms with Crippen molar-refractivity contribution in [2.45, 2.75) is 50.9 Å². The van der Waals surface area contributed by atoms with Gasteiger partial charge in [0.15, 0.2) is 5.78 Å². The molecule has 31 heavy (non-hydrogen) atoms. The molecule has 0 bridgehead atoms. The Morgan fingerprint density at radius 2 is 1.87 bits per heavy atom. The zero-order valence-electron chi connectivity index (χ0n) is 16.7. The number of rotatable bonds is 2. The lowest BCUT2D eigenvalue weighted by Crippen LogP contribution is -2.38. The molecule has 1 atom stereocenters. The van der Waals surface area contributed by atoms with Crippen molar-refractivity contribution in [3.05, 3.63) is 59.5 Å². The first-order valence-corrected chi connectivity index (χ1v) is 12.7. The molecule has 0 spiro atoms. The fourth-order valence-electron chi connectivity index (χ4n) is 4.91. The first-order chi connectivity index (χ1) is 15.0. The summed E-state index contributed by atoms with van der Waals surface area (Å²) in [5.74, 6) is -0.0260. The first kappa shape index (κ1) is 20.5. The Labute approximate surface area is 197 Å². The molecule has 5 rings (SSSR count). The van der Waals surface area contributed by atoms with E-state index in [1.54, 1.807) is 11.3 Å². The van der Waals surface area contributed by atoms with E-state index in [1.165, 1.54) is 16.2 Å². The van der Waals surface area contributed by atoms with E-state index in [0.29, 0.717) is 35.4 Å². The molecular formula is C23H19BrN4OS2. The molecule has 2 aromatic rings. The minimum Gasteiger partial charge on any atom is -0.384 e. The Bertz CT molecular complexity index is 1250. The number of Topliss-reactive ketones (excluding diaryl/α,β-unsaturated/α-hetero) is 1. The maximum Gasteiger partial charge on any atom is 0.161 e. The number of allylic oxidation sites excluding steroid dienone is 3. The van der Waals surface area contributed by atoms with E-state index < -0.39 is 5.92 Å². The van der Waals surface area contributed by atoms with Gasteiger partial charge in [0.25, 0.3) is 0 Å². The number of carbonyl (C=O) groups is 1. The lowest BCUT2D eigenvalue weighted by molar-refractivity contribution is -0.116. The summed E-state index contributed by atoms with van der Waals surface area (Å²) < 4.78 is 0.948. The van der Waals surface area contributed by atoms with Gasteiger partial charge in [-0.2, -0.15) is 10.5 Å². The van der Waals surface area contributed by atoms with Crippen molar-refractivity contribution in [1.29, 1.82) is 10.5 Å². The molecule has 0 saturated heterocycles. The number of hydrogen-bond donors (Lipinski definition) is 1. The van der Waals surface area contributed by atoms with Crippen molar-refractivity contribution in [3.63, 3.8) is 0 Å². The average molecular weight is 511 g/mol. The molecular weight excluding hydrogens is 492 g/mol. The molecule has 0 unspecified atom stereocenters. The number of nitrogens with zero attached hydrogens (tertiary/aromatic N) is 3. The van der Waals surface area contributed by atoms with Crippen LogP contribution in [0.2, 0.25) is 0 Å². The second-order valence-corrected chi connectivity index (χ2v) is 11.5. The monoisotopic (exact) mass is 510 g/mol. The Morgan fingerprint density at radius 1 is 1.06 bits per heavy atom. The van der Waals surface area contributed by atoms with Gasteiger partial charge in [-0.15, -0.1) is 22.7 Å². The maximum atomic E-state index is 13.2. The van der Waals surface area contributed by atoms with E-state index >= 15 is 0 Å². The Kier molecular flexibility index (Phi) is 5.26. The van der Waals surface area contributed by atoms with Crippen LogP contribution >= 0.6 is 38.6 Å². The summed E-state index contributed by atoms with van der Waals surface area (Å²) in [6.07, 6.45) is 5.99. The second kappa shape index (κ2) is 7.94. The smallest absolute Gasteiger partial charge is 0.161 e. The SMILES string of the molecule is N#CC1=C(N)N(c2sc3c(c2C#N)CCCC3)C2=C(C(=O)CCC2)[C@H]1c1ccc(Br)s1. The molecule has 2 aliphatic carbocycles. The minimum absolute atomic E-state index is 0.0702. The van der Waals surface area contributed by atoms with Gasteiger partial charge >= 0.3 is 0 Å². The van der Waals surface area contributed by atoms with Crippen molar-refractivity contribution < 1.29 is 4.79 Å². The number of thiophene rings is 2. The Balaban J connectivity index is 1.76. The maximum absolute atomic E-state index is 13.2. The normalized spacial score (nSPS) is 20.9. The molecule has 156 valence electrons. The summed E-state index contributed by atoms with van der Waals surface area (Å²) in [4.78, 5) is 17.2. The standard InChI is InChI=1S/C23H19BrN4OS2/c24-19-9-8-18(30-19)20-14(11-26)22(27)28(15-5-3-6-16(29)21(15)20)23-13(10-25)12-4-1-2-7-17(12)31-23/h8-9,20H,1-7,27H2/t20-/m1/s1. The highest BCUT2D eigenvalue weighted by molar-refractivity contribution is 9.11. The third-order valence-corrected chi connectivity index (χ3v) is 9.22. The zero-order valence-corrected chi connectivity index (χ0v) is 19.9. The molecule has 2 N–H and O–H groups in total. The van der Waals surface area contributed by atoms with Crippen molar-refractivity contribution in [2.24, 2.45) is 5.73 Å². The number of carbonyl (C=O) groups excluding carboxylic acids is 1. The fourth-order valence-corrected chi connectivity index (χ4v) is 7.83. The summed E-state index contributed by atoms with van der Waals surface area (Å²) in [5, 5.41) is 20.9. The molecule has 0 saturated carbocycles.